The molecule has 1 aromatic carbocycles. The number of nitrogens with one attached hydrogen (secondary N) is 1. The Morgan fingerprint density at radius 3 is 2.68 bits per heavy atom. The third-order valence-corrected chi connectivity index (χ3v) is 4.24. The molecule has 3 aromatic rings. The van der Waals surface area contributed by atoms with Gasteiger partial charge in [-0.05, 0) is 24.1 Å². The number of H-pyrrole nitrogens is 1. The second-order valence-corrected chi connectivity index (χ2v) is 5.91. The van der Waals surface area contributed by atoms with Crippen LogP contribution in [0.4, 0.5) is 0 Å². The van der Waals surface area contributed by atoms with Gasteiger partial charge in [-0.25, -0.2) is 14.3 Å². The topological polar surface area (TPSA) is 72.7 Å². The van der Waals surface area contributed by atoms with Crippen LogP contribution in [0.2, 0.25) is 10.0 Å². The van der Waals surface area contributed by atoms with Crippen LogP contribution < -0.4 is 11.2 Å². The van der Waals surface area contributed by atoms with Crippen LogP contribution in [0.5, 0.6) is 0 Å². The van der Waals surface area contributed by atoms with Crippen molar-refractivity contribution in [2.75, 3.05) is 0 Å². The van der Waals surface area contributed by atoms with Gasteiger partial charge in [-0.2, -0.15) is 0 Å². The Hall–Kier alpha value is -2.93. The molecule has 124 valence electrons. The highest BCUT2D eigenvalue weighted by molar-refractivity contribution is 6.42. The van der Waals surface area contributed by atoms with E-state index < -0.39 is 11.2 Å². The van der Waals surface area contributed by atoms with Gasteiger partial charge in [0.2, 0.25) is 0 Å². The summed E-state index contributed by atoms with van der Waals surface area (Å²) in [5.41, 5.74) is -0.121. The second kappa shape index (κ2) is 6.52. The molecule has 25 heavy (non-hydrogen) atoms. The first-order valence-corrected chi connectivity index (χ1v) is 7.78. The Morgan fingerprint density at radius 2 is 2.00 bits per heavy atom. The molecule has 0 aliphatic heterocycles. The fraction of sp³-hybridized carbons (Fsp3) is 0.118. The maximum Gasteiger partial charge on any atom is 0.330 e. The Bertz CT molecular complexity index is 1220. The van der Waals surface area contributed by atoms with Crippen LogP contribution in [0.1, 0.15) is 11.4 Å². The van der Waals surface area contributed by atoms with E-state index in [0.29, 0.717) is 21.4 Å². The minimum absolute atomic E-state index is 0.125. The van der Waals surface area contributed by atoms with Gasteiger partial charge in [0.15, 0.2) is 17.0 Å². The third kappa shape index (κ3) is 3.06. The summed E-state index contributed by atoms with van der Waals surface area (Å²) in [4.78, 5) is 31.1. The van der Waals surface area contributed by atoms with Crippen molar-refractivity contribution in [1.82, 2.24) is 19.1 Å². The molecule has 0 aliphatic rings. The zero-order chi connectivity index (χ0) is 18.1. The highest BCUT2D eigenvalue weighted by Crippen LogP contribution is 2.22. The van der Waals surface area contributed by atoms with Crippen molar-refractivity contribution in [1.29, 1.82) is 0 Å². The SMILES string of the molecule is C#CCn1c(=O)[nH]c2nc(C#Cc3ccc(Cl)c(Cl)c3)n(C)c2c1=O. The molecule has 0 atom stereocenters. The molecule has 1 N–H and O–H groups in total. The molecule has 2 aromatic heterocycles. The van der Waals surface area contributed by atoms with Crippen molar-refractivity contribution in [3.8, 4) is 24.2 Å². The molecule has 0 unspecified atom stereocenters. The van der Waals surface area contributed by atoms with Crippen LogP contribution in [0, 0.1) is 24.2 Å². The minimum Gasteiger partial charge on any atom is -0.315 e. The summed E-state index contributed by atoms with van der Waals surface area (Å²) < 4.78 is 2.44. The van der Waals surface area contributed by atoms with E-state index in [1.807, 2.05) is 0 Å². The number of hydrogen-bond donors (Lipinski definition) is 1. The van der Waals surface area contributed by atoms with E-state index in [2.05, 4.69) is 27.7 Å². The van der Waals surface area contributed by atoms with Crippen LogP contribution in [0.25, 0.3) is 11.2 Å². The molecule has 3 rings (SSSR count). The summed E-state index contributed by atoms with van der Waals surface area (Å²) in [5, 5.41) is 0.821. The number of fused-ring (bicyclic) bond motifs is 1. The number of hydrogen-bond acceptors (Lipinski definition) is 3. The van der Waals surface area contributed by atoms with E-state index in [4.69, 9.17) is 29.6 Å². The number of aromatic nitrogens is 4. The summed E-state index contributed by atoms with van der Waals surface area (Å²) in [5.74, 6) is 8.34. The van der Waals surface area contributed by atoms with Crippen molar-refractivity contribution in [2.45, 2.75) is 6.54 Å². The monoisotopic (exact) mass is 372 g/mol. The number of nitrogens with zero attached hydrogens (tertiary/aromatic N) is 3. The average Bonchev–Trinajstić information content (AvgIpc) is 2.88. The van der Waals surface area contributed by atoms with Crippen LogP contribution in [-0.4, -0.2) is 19.1 Å². The van der Waals surface area contributed by atoms with Gasteiger partial charge in [0.25, 0.3) is 5.56 Å². The number of terminal acetylenes is 1. The van der Waals surface area contributed by atoms with E-state index in [9.17, 15) is 9.59 Å². The molecule has 2 heterocycles. The Labute approximate surface area is 152 Å². The molecule has 0 amide bonds. The number of halogens is 2. The molecule has 0 radical (unpaired) electrons. The predicted octanol–water partition coefficient (Wildman–Crippen LogP) is 1.76. The first-order chi connectivity index (χ1) is 11.9. The standard InChI is InChI=1S/C17H10Cl2N4O2/c1-3-8-23-16(24)14-15(21-17(23)25)20-13(22(14)2)7-5-10-4-6-11(18)12(19)9-10/h1,4,6,9H,8H2,2H3,(H,21,25). The van der Waals surface area contributed by atoms with Crippen molar-refractivity contribution in [3.05, 3.63) is 60.5 Å². The van der Waals surface area contributed by atoms with E-state index in [0.717, 1.165) is 4.57 Å². The molecular weight excluding hydrogens is 363 g/mol. The second-order valence-electron chi connectivity index (χ2n) is 5.10. The Kier molecular flexibility index (Phi) is 4.41. The summed E-state index contributed by atoms with van der Waals surface area (Å²) in [6.45, 7) is -0.125. The minimum atomic E-state index is -0.613. The van der Waals surface area contributed by atoms with Crippen LogP contribution in [0.15, 0.2) is 27.8 Å². The lowest BCUT2D eigenvalue weighted by molar-refractivity contribution is 0.734. The first-order valence-electron chi connectivity index (χ1n) is 7.02. The number of aryl methyl sites for hydroxylation is 1. The summed E-state index contributed by atoms with van der Waals surface area (Å²) in [6, 6.07) is 4.98. The summed E-state index contributed by atoms with van der Waals surface area (Å²) in [6.07, 6.45) is 5.19. The van der Waals surface area contributed by atoms with Gasteiger partial charge in [0.1, 0.15) is 0 Å². The quantitative estimate of drug-likeness (QED) is 0.661. The van der Waals surface area contributed by atoms with Gasteiger partial charge in [0, 0.05) is 12.6 Å². The lowest BCUT2D eigenvalue weighted by Gasteiger charge is -2.00. The van der Waals surface area contributed by atoms with Gasteiger partial charge in [-0.1, -0.05) is 35.0 Å². The van der Waals surface area contributed by atoms with E-state index in [1.54, 1.807) is 25.2 Å². The smallest absolute Gasteiger partial charge is 0.315 e. The fourth-order valence-corrected chi connectivity index (χ4v) is 2.57. The molecule has 0 spiro atoms. The molecule has 0 aliphatic carbocycles. The number of rotatable bonds is 1. The Balaban J connectivity index is 2.15. The van der Waals surface area contributed by atoms with Crippen molar-refractivity contribution >= 4 is 34.4 Å². The van der Waals surface area contributed by atoms with Crippen LogP contribution >= 0.6 is 23.2 Å². The molecule has 0 fully saturated rings. The number of aromatic amines is 1. The maximum absolute atomic E-state index is 12.4. The van der Waals surface area contributed by atoms with Gasteiger partial charge in [-0.3, -0.25) is 9.78 Å². The van der Waals surface area contributed by atoms with Crippen molar-refractivity contribution in [2.24, 2.45) is 7.05 Å². The summed E-state index contributed by atoms with van der Waals surface area (Å²) in [7, 11) is 1.63. The van der Waals surface area contributed by atoms with Crippen molar-refractivity contribution in [3.63, 3.8) is 0 Å². The average molecular weight is 373 g/mol. The third-order valence-electron chi connectivity index (χ3n) is 3.50. The lowest BCUT2D eigenvalue weighted by Crippen LogP contribution is -2.35. The van der Waals surface area contributed by atoms with E-state index >= 15 is 0 Å². The van der Waals surface area contributed by atoms with Crippen LogP contribution in [-0.2, 0) is 13.6 Å². The lowest BCUT2D eigenvalue weighted by atomic mass is 10.2. The van der Waals surface area contributed by atoms with Gasteiger partial charge in [0.05, 0.1) is 16.6 Å². The highest BCUT2D eigenvalue weighted by atomic mass is 35.5. The normalized spacial score (nSPS) is 10.3. The van der Waals surface area contributed by atoms with Crippen LogP contribution in [0.3, 0.4) is 0 Å². The molecule has 0 saturated heterocycles. The zero-order valence-electron chi connectivity index (χ0n) is 12.9. The van der Waals surface area contributed by atoms with Gasteiger partial charge < -0.3 is 4.57 Å². The largest absolute Gasteiger partial charge is 0.330 e. The number of imidazole rings is 1. The fourth-order valence-electron chi connectivity index (χ4n) is 2.27. The molecule has 6 nitrogen and oxygen atoms in total. The zero-order valence-corrected chi connectivity index (χ0v) is 14.4. The first kappa shape index (κ1) is 16.9. The Morgan fingerprint density at radius 1 is 1.24 bits per heavy atom. The van der Waals surface area contributed by atoms with Crippen molar-refractivity contribution < 1.29 is 0 Å². The van der Waals surface area contributed by atoms with Gasteiger partial charge in [-0.15, -0.1) is 6.42 Å². The molecule has 0 saturated carbocycles. The van der Waals surface area contributed by atoms with Gasteiger partial charge >= 0.3 is 5.69 Å². The highest BCUT2D eigenvalue weighted by Gasteiger charge is 2.14. The predicted molar refractivity (Wildman–Crippen MR) is 96.9 cm³/mol. The molecule has 8 heteroatoms. The maximum atomic E-state index is 12.4. The van der Waals surface area contributed by atoms with E-state index in [-0.39, 0.29) is 17.7 Å². The molecular formula is C17H10Cl2N4O2. The number of benzene rings is 1. The molecule has 0 bridgehead atoms. The van der Waals surface area contributed by atoms with E-state index in [1.165, 1.54) is 4.57 Å². The summed E-state index contributed by atoms with van der Waals surface area (Å²) >= 11 is 11.8.